The number of aromatic nitrogens is 1. The molecule has 1 N–H and O–H groups in total. The zero-order chi connectivity index (χ0) is 11.7. The third-order valence-corrected chi connectivity index (χ3v) is 2.52. The summed E-state index contributed by atoms with van der Waals surface area (Å²) in [7, 11) is 0. The molecular formula is C12H10ClNO2. The van der Waals surface area contributed by atoms with E-state index in [4.69, 9.17) is 16.7 Å². The highest BCUT2D eigenvalue weighted by molar-refractivity contribution is 6.31. The van der Waals surface area contributed by atoms with Gasteiger partial charge in [0.2, 0.25) is 0 Å². The molecule has 2 aromatic rings. The molecule has 0 saturated carbocycles. The molecule has 0 aliphatic rings. The Balaban J connectivity index is 2.55. The van der Waals surface area contributed by atoms with Gasteiger partial charge in [-0.1, -0.05) is 29.3 Å². The minimum atomic E-state index is -0.993. The summed E-state index contributed by atoms with van der Waals surface area (Å²) in [5, 5.41) is 9.43. The second-order valence-electron chi connectivity index (χ2n) is 3.55. The van der Waals surface area contributed by atoms with E-state index in [9.17, 15) is 4.79 Å². The predicted octanol–water partition coefficient (Wildman–Crippen LogP) is 3.14. The van der Waals surface area contributed by atoms with Crippen LogP contribution in [0, 0.1) is 6.92 Å². The molecule has 3 nitrogen and oxygen atoms in total. The molecule has 1 aromatic heterocycles. The predicted molar refractivity (Wildman–Crippen MR) is 62.5 cm³/mol. The minimum Gasteiger partial charge on any atom is -0.477 e. The Hall–Kier alpha value is -1.74. The fraction of sp³-hybridized carbons (Fsp3) is 0.0833. The van der Waals surface area contributed by atoms with Crippen molar-refractivity contribution in [2.45, 2.75) is 6.92 Å². The number of rotatable bonds is 2. The van der Waals surface area contributed by atoms with E-state index in [-0.39, 0.29) is 5.69 Å². The molecule has 0 bridgehead atoms. The summed E-state index contributed by atoms with van der Waals surface area (Å²) < 4.78 is 1.56. The van der Waals surface area contributed by atoms with Crippen LogP contribution in [0.5, 0.6) is 0 Å². The average molecular weight is 236 g/mol. The fourth-order valence-corrected chi connectivity index (χ4v) is 1.71. The maximum Gasteiger partial charge on any atom is 0.352 e. The highest BCUT2D eigenvalue weighted by Crippen LogP contribution is 2.19. The van der Waals surface area contributed by atoms with E-state index in [1.807, 2.05) is 31.2 Å². The first-order valence-electron chi connectivity index (χ1n) is 4.76. The van der Waals surface area contributed by atoms with Crippen molar-refractivity contribution in [3.05, 3.63) is 52.8 Å². The first-order chi connectivity index (χ1) is 7.58. The van der Waals surface area contributed by atoms with Crippen LogP contribution >= 0.6 is 11.6 Å². The van der Waals surface area contributed by atoms with Crippen molar-refractivity contribution in [2.24, 2.45) is 0 Å². The van der Waals surface area contributed by atoms with Crippen molar-refractivity contribution in [1.82, 2.24) is 4.57 Å². The van der Waals surface area contributed by atoms with Crippen LogP contribution in [0.3, 0.4) is 0 Å². The Morgan fingerprint density at radius 2 is 1.94 bits per heavy atom. The lowest BCUT2D eigenvalue weighted by Crippen LogP contribution is -2.05. The highest BCUT2D eigenvalue weighted by Gasteiger charge is 2.12. The first-order valence-corrected chi connectivity index (χ1v) is 5.14. The van der Waals surface area contributed by atoms with E-state index in [1.54, 1.807) is 10.8 Å². The van der Waals surface area contributed by atoms with E-state index in [0.29, 0.717) is 5.02 Å². The molecule has 0 fully saturated rings. The van der Waals surface area contributed by atoms with E-state index in [2.05, 4.69) is 0 Å². The molecule has 2 rings (SSSR count). The monoisotopic (exact) mass is 235 g/mol. The van der Waals surface area contributed by atoms with E-state index < -0.39 is 5.97 Å². The van der Waals surface area contributed by atoms with Gasteiger partial charge in [0, 0.05) is 11.9 Å². The van der Waals surface area contributed by atoms with Crippen molar-refractivity contribution < 1.29 is 9.90 Å². The van der Waals surface area contributed by atoms with Crippen LogP contribution in [0.2, 0.25) is 5.02 Å². The lowest BCUT2D eigenvalue weighted by atomic mass is 10.2. The van der Waals surface area contributed by atoms with Crippen molar-refractivity contribution in [2.75, 3.05) is 0 Å². The Labute approximate surface area is 97.9 Å². The van der Waals surface area contributed by atoms with Gasteiger partial charge in [-0.2, -0.15) is 0 Å². The second kappa shape index (κ2) is 4.02. The summed E-state index contributed by atoms with van der Waals surface area (Å²) in [5.41, 5.74) is 2.07. The number of nitrogens with zero attached hydrogens (tertiary/aromatic N) is 1. The van der Waals surface area contributed by atoms with Gasteiger partial charge in [0.1, 0.15) is 5.69 Å². The third kappa shape index (κ3) is 1.95. The largest absolute Gasteiger partial charge is 0.477 e. The SMILES string of the molecule is Cc1ccc(-n2cc(Cl)cc2C(=O)O)cc1. The smallest absolute Gasteiger partial charge is 0.352 e. The summed E-state index contributed by atoms with van der Waals surface area (Å²) in [4.78, 5) is 11.0. The van der Waals surface area contributed by atoms with Crippen LogP contribution in [0.25, 0.3) is 5.69 Å². The van der Waals surface area contributed by atoms with Crippen LogP contribution in [0.15, 0.2) is 36.5 Å². The number of carboxylic acids is 1. The zero-order valence-electron chi connectivity index (χ0n) is 8.64. The summed E-state index contributed by atoms with van der Waals surface area (Å²) in [6, 6.07) is 9.00. The summed E-state index contributed by atoms with van der Waals surface area (Å²) in [5.74, 6) is -0.993. The summed E-state index contributed by atoms with van der Waals surface area (Å²) >= 11 is 5.81. The molecule has 0 aliphatic carbocycles. The van der Waals surface area contributed by atoms with Gasteiger partial charge in [-0.05, 0) is 25.1 Å². The van der Waals surface area contributed by atoms with Gasteiger partial charge in [0.05, 0.1) is 5.02 Å². The minimum absolute atomic E-state index is 0.161. The third-order valence-electron chi connectivity index (χ3n) is 2.32. The summed E-state index contributed by atoms with van der Waals surface area (Å²) in [6.45, 7) is 1.98. The topological polar surface area (TPSA) is 42.2 Å². The molecular weight excluding hydrogens is 226 g/mol. The van der Waals surface area contributed by atoms with Crippen molar-refractivity contribution in [3.63, 3.8) is 0 Å². The van der Waals surface area contributed by atoms with Crippen LogP contribution in [0.4, 0.5) is 0 Å². The van der Waals surface area contributed by atoms with Gasteiger partial charge in [0.25, 0.3) is 0 Å². The molecule has 1 heterocycles. The molecule has 82 valence electrons. The molecule has 0 unspecified atom stereocenters. The number of carboxylic acid groups (broad SMARTS) is 1. The first kappa shape index (κ1) is 10.8. The van der Waals surface area contributed by atoms with E-state index in [0.717, 1.165) is 11.3 Å². The molecule has 4 heteroatoms. The number of hydrogen-bond donors (Lipinski definition) is 1. The fourth-order valence-electron chi connectivity index (χ4n) is 1.51. The van der Waals surface area contributed by atoms with E-state index in [1.165, 1.54) is 6.07 Å². The molecule has 0 spiro atoms. The zero-order valence-corrected chi connectivity index (χ0v) is 9.40. The quantitative estimate of drug-likeness (QED) is 0.869. The van der Waals surface area contributed by atoms with Crippen molar-refractivity contribution >= 4 is 17.6 Å². The molecule has 0 saturated heterocycles. The number of carbonyl (C=O) groups is 1. The van der Waals surface area contributed by atoms with Crippen molar-refractivity contribution in [3.8, 4) is 5.69 Å². The summed E-state index contributed by atoms with van der Waals surface area (Å²) in [6.07, 6.45) is 1.59. The van der Waals surface area contributed by atoms with Crippen LogP contribution in [-0.2, 0) is 0 Å². The Bertz CT molecular complexity index is 528. The van der Waals surface area contributed by atoms with Crippen LogP contribution in [-0.4, -0.2) is 15.6 Å². The molecule has 0 amide bonds. The Kier molecular flexibility index (Phi) is 2.71. The van der Waals surface area contributed by atoms with Gasteiger partial charge in [-0.15, -0.1) is 0 Å². The molecule has 16 heavy (non-hydrogen) atoms. The Morgan fingerprint density at radius 3 is 2.50 bits per heavy atom. The number of aromatic carboxylic acids is 1. The maximum absolute atomic E-state index is 11.0. The van der Waals surface area contributed by atoms with Crippen molar-refractivity contribution in [1.29, 1.82) is 0 Å². The van der Waals surface area contributed by atoms with Gasteiger partial charge >= 0.3 is 5.97 Å². The normalized spacial score (nSPS) is 10.4. The Morgan fingerprint density at radius 1 is 1.31 bits per heavy atom. The molecule has 1 aromatic carbocycles. The lowest BCUT2D eigenvalue weighted by Gasteiger charge is -2.06. The number of benzene rings is 1. The van der Waals surface area contributed by atoms with E-state index >= 15 is 0 Å². The van der Waals surface area contributed by atoms with Gasteiger partial charge in [-0.3, -0.25) is 0 Å². The number of aryl methyl sites for hydroxylation is 1. The second-order valence-corrected chi connectivity index (χ2v) is 3.99. The maximum atomic E-state index is 11.0. The van der Waals surface area contributed by atoms with Gasteiger partial charge in [-0.25, -0.2) is 4.79 Å². The average Bonchev–Trinajstić information content (AvgIpc) is 2.61. The number of hydrogen-bond acceptors (Lipinski definition) is 1. The van der Waals surface area contributed by atoms with Crippen LogP contribution < -0.4 is 0 Å². The standard InChI is InChI=1S/C12H10ClNO2/c1-8-2-4-10(5-3-8)14-7-9(13)6-11(14)12(15)16/h2-7H,1H3,(H,15,16). The van der Waals surface area contributed by atoms with Gasteiger partial charge in [0.15, 0.2) is 0 Å². The molecule has 0 atom stereocenters. The highest BCUT2D eigenvalue weighted by atomic mass is 35.5. The van der Waals surface area contributed by atoms with Gasteiger partial charge < -0.3 is 9.67 Å². The molecule has 0 radical (unpaired) electrons. The lowest BCUT2D eigenvalue weighted by molar-refractivity contribution is 0.0688. The number of halogens is 1. The molecule has 0 aliphatic heterocycles. The van der Waals surface area contributed by atoms with Crippen LogP contribution in [0.1, 0.15) is 16.1 Å².